The second kappa shape index (κ2) is 12.7. The molecule has 0 aliphatic heterocycles. The van der Waals surface area contributed by atoms with Crippen LogP contribution in [-0.2, 0) is 14.3 Å². The highest BCUT2D eigenvalue weighted by atomic mass is 16.5. The molecule has 0 aromatic rings. The highest BCUT2D eigenvalue weighted by Crippen LogP contribution is 2.20. The Morgan fingerprint density at radius 3 is 1.82 bits per heavy atom. The molecule has 2 atom stereocenters. The van der Waals surface area contributed by atoms with E-state index in [1.54, 1.807) is 0 Å². The third kappa shape index (κ3) is 14.1. The minimum Gasteiger partial charge on any atom is -0.465 e. The van der Waals surface area contributed by atoms with Gasteiger partial charge in [-0.15, -0.1) is 0 Å². The van der Waals surface area contributed by atoms with E-state index in [0.717, 1.165) is 18.3 Å². The van der Waals surface area contributed by atoms with E-state index in [-0.39, 0.29) is 12.2 Å². The molecule has 22 heavy (non-hydrogen) atoms. The van der Waals surface area contributed by atoms with Crippen molar-refractivity contribution in [2.75, 3.05) is 6.61 Å². The molecule has 0 aromatic carbocycles. The molecule has 0 saturated heterocycles. The summed E-state index contributed by atoms with van der Waals surface area (Å²) in [5.74, 6) is 1.69. The number of ether oxygens (including phenoxy) is 1. The SMILES string of the molecule is CC(=O)CC(=O)OCCC(C)CCCC(C)CCCC(C)C. The van der Waals surface area contributed by atoms with Crippen LogP contribution in [0.25, 0.3) is 0 Å². The zero-order valence-electron chi connectivity index (χ0n) is 15.3. The van der Waals surface area contributed by atoms with Gasteiger partial charge in [0, 0.05) is 0 Å². The van der Waals surface area contributed by atoms with E-state index in [2.05, 4.69) is 27.7 Å². The first-order valence-electron chi connectivity index (χ1n) is 8.96. The average molecular weight is 312 g/mol. The molecular formula is C19H36O3. The molecule has 0 spiro atoms. The van der Waals surface area contributed by atoms with Crippen molar-refractivity contribution in [3.63, 3.8) is 0 Å². The van der Waals surface area contributed by atoms with Crippen LogP contribution in [0.3, 0.4) is 0 Å². The largest absolute Gasteiger partial charge is 0.465 e. The van der Waals surface area contributed by atoms with E-state index < -0.39 is 5.97 Å². The average Bonchev–Trinajstić information content (AvgIpc) is 2.37. The Labute approximate surface area is 137 Å². The third-order valence-corrected chi connectivity index (χ3v) is 4.14. The van der Waals surface area contributed by atoms with Crippen LogP contribution < -0.4 is 0 Å². The number of ketones is 1. The minimum absolute atomic E-state index is 0.0950. The van der Waals surface area contributed by atoms with Crippen LogP contribution in [0.1, 0.15) is 86.0 Å². The van der Waals surface area contributed by atoms with Crippen molar-refractivity contribution >= 4 is 11.8 Å². The van der Waals surface area contributed by atoms with Crippen molar-refractivity contribution in [2.24, 2.45) is 17.8 Å². The quantitative estimate of drug-likeness (QED) is 0.348. The molecule has 0 N–H and O–H groups in total. The van der Waals surface area contributed by atoms with Gasteiger partial charge in [0.2, 0.25) is 0 Å². The molecule has 0 heterocycles. The van der Waals surface area contributed by atoms with Gasteiger partial charge in [-0.25, -0.2) is 0 Å². The van der Waals surface area contributed by atoms with Gasteiger partial charge in [0.25, 0.3) is 0 Å². The summed E-state index contributed by atoms with van der Waals surface area (Å²) in [6.45, 7) is 11.0. The highest BCUT2D eigenvalue weighted by Gasteiger charge is 2.09. The molecule has 0 aromatic heterocycles. The summed E-state index contributed by atoms with van der Waals surface area (Å²) in [4.78, 5) is 22.0. The van der Waals surface area contributed by atoms with Gasteiger partial charge >= 0.3 is 5.97 Å². The molecule has 0 radical (unpaired) electrons. The summed E-state index contributed by atoms with van der Waals surface area (Å²) in [6, 6.07) is 0. The number of carbonyl (C=O) groups excluding carboxylic acids is 2. The fourth-order valence-electron chi connectivity index (χ4n) is 2.61. The molecule has 0 aliphatic carbocycles. The Bertz CT molecular complexity index is 310. The van der Waals surface area contributed by atoms with E-state index in [1.807, 2.05) is 0 Å². The molecule has 0 bridgehead atoms. The number of hydrogen-bond acceptors (Lipinski definition) is 3. The molecular weight excluding hydrogens is 276 g/mol. The second-order valence-electron chi connectivity index (χ2n) is 7.35. The normalized spacial score (nSPS) is 13.9. The molecule has 130 valence electrons. The van der Waals surface area contributed by atoms with Crippen LogP contribution in [-0.4, -0.2) is 18.4 Å². The smallest absolute Gasteiger partial charge is 0.313 e. The molecule has 2 unspecified atom stereocenters. The summed E-state index contributed by atoms with van der Waals surface area (Å²) in [7, 11) is 0. The number of rotatable bonds is 13. The highest BCUT2D eigenvalue weighted by molar-refractivity contribution is 5.94. The number of carbonyl (C=O) groups is 2. The fraction of sp³-hybridized carbons (Fsp3) is 0.895. The van der Waals surface area contributed by atoms with Crippen LogP contribution in [0.2, 0.25) is 0 Å². The lowest BCUT2D eigenvalue weighted by atomic mass is 9.93. The van der Waals surface area contributed by atoms with E-state index in [0.29, 0.717) is 12.5 Å². The van der Waals surface area contributed by atoms with E-state index in [4.69, 9.17) is 4.74 Å². The number of Topliss-reactive ketones (excluding diaryl/α,β-unsaturated/α-hetero) is 1. The van der Waals surface area contributed by atoms with Crippen molar-refractivity contribution in [1.82, 2.24) is 0 Å². The van der Waals surface area contributed by atoms with Gasteiger partial charge in [0.1, 0.15) is 12.2 Å². The maximum atomic E-state index is 11.2. The third-order valence-electron chi connectivity index (χ3n) is 4.14. The maximum Gasteiger partial charge on any atom is 0.313 e. The summed E-state index contributed by atoms with van der Waals surface area (Å²) < 4.78 is 5.07. The van der Waals surface area contributed by atoms with Crippen molar-refractivity contribution in [2.45, 2.75) is 86.0 Å². The fourth-order valence-corrected chi connectivity index (χ4v) is 2.61. The Morgan fingerprint density at radius 1 is 0.818 bits per heavy atom. The van der Waals surface area contributed by atoms with Crippen molar-refractivity contribution < 1.29 is 14.3 Å². The predicted octanol–water partition coefficient (Wildman–Crippen LogP) is 5.17. The molecule has 0 aliphatic rings. The van der Waals surface area contributed by atoms with Crippen molar-refractivity contribution in [3.05, 3.63) is 0 Å². The summed E-state index contributed by atoms with van der Waals surface area (Å²) in [6.07, 6.45) is 8.58. The summed E-state index contributed by atoms with van der Waals surface area (Å²) in [5.41, 5.74) is 0. The topological polar surface area (TPSA) is 43.4 Å². The van der Waals surface area contributed by atoms with Crippen LogP contribution in [0.4, 0.5) is 0 Å². The molecule has 3 nitrogen and oxygen atoms in total. The molecule has 0 amide bonds. The van der Waals surface area contributed by atoms with Gasteiger partial charge in [0.05, 0.1) is 6.61 Å². The molecule has 0 rings (SSSR count). The van der Waals surface area contributed by atoms with Crippen LogP contribution in [0.5, 0.6) is 0 Å². The van der Waals surface area contributed by atoms with Crippen molar-refractivity contribution in [3.8, 4) is 0 Å². The summed E-state index contributed by atoms with van der Waals surface area (Å²) in [5, 5.41) is 0. The lowest BCUT2D eigenvalue weighted by Crippen LogP contribution is -2.11. The lowest BCUT2D eigenvalue weighted by Gasteiger charge is -2.15. The minimum atomic E-state index is -0.390. The van der Waals surface area contributed by atoms with E-state index in [1.165, 1.54) is 45.4 Å². The number of esters is 1. The molecule has 0 saturated carbocycles. The first kappa shape index (κ1) is 21.1. The zero-order chi connectivity index (χ0) is 17.0. The van der Waals surface area contributed by atoms with Gasteiger partial charge in [-0.3, -0.25) is 9.59 Å². The monoisotopic (exact) mass is 312 g/mol. The molecule has 0 fully saturated rings. The Balaban J connectivity index is 3.54. The maximum absolute atomic E-state index is 11.2. The first-order chi connectivity index (χ1) is 10.3. The van der Waals surface area contributed by atoms with Gasteiger partial charge in [0.15, 0.2) is 0 Å². The van der Waals surface area contributed by atoms with Crippen LogP contribution in [0, 0.1) is 17.8 Å². The van der Waals surface area contributed by atoms with Gasteiger partial charge < -0.3 is 4.74 Å². The first-order valence-corrected chi connectivity index (χ1v) is 8.96. The van der Waals surface area contributed by atoms with Crippen LogP contribution >= 0.6 is 0 Å². The summed E-state index contributed by atoms with van der Waals surface area (Å²) >= 11 is 0. The Kier molecular flexibility index (Phi) is 12.2. The predicted molar refractivity (Wildman–Crippen MR) is 91.7 cm³/mol. The van der Waals surface area contributed by atoms with E-state index in [9.17, 15) is 9.59 Å². The van der Waals surface area contributed by atoms with Crippen LogP contribution in [0.15, 0.2) is 0 Å². The van der Waals surface area contributed by atoms with Gasteiger partial charge in [-0.2, -0.15) is 0 Å². The number of hydrogen-bond donors (Lipinski definition) is 0. The molecule has 3 heteroatoms. The van der Waals surface area contributed by atoms with Crippen molar-refractivity contribution in [1.29, 1.82) is 0 Å². The Morgan fingerprint density at radius 2 is 1.32 bits per heavy atom. The zero-order valence-corrected chi connectivity index (χ0v) is 15.3. The van der Waals surface area contributed by atoms with Gasteiger partial charge in [-0.1, -0.05) is 66.2 Å². The standard InChI is InChI=1S/C19H36O3/c1-15(2)8-6-9-16(3)10-7-11-17(4)12-13-22-19(21)14-18(5)20/h15-17H,6-14H2,1-5H3. The lowest BCUT2D eigenvalue weighted by molar-refractivity contribution is -0.146. The Hall–Kier alpha value is -0.860. The van der Waals surface area contributed by atoms with E-state index >= 15 is 0 Å². The second-order valence-corrected chi connectivity index (χ2v) is 7.35. The van der Waals surface area contributed by atoms with Gasteiger partial charge in [-0.05, 0) is 31.1 Å².